The largest absolute Gasteiger partial charge is 0.314 e. The lowest BCUT2D eigenvalue weighted by Crippen LogP contribution is -2.41. The van der Waals surface area contributed by atoms with Crippen LogP contribution in [0.3, 0.4) is 0 Å². The van der Waals surface area contributed by atoms with E-state index >= 15 is 0 Å². The van der Waals surface area contributed by atoms with Crippen molar-refractivity contribution in [2.75, 3.05) is 6.54 Å². The third-order valence-corrected chi connectivity index (χ3v) is 3.58. The van der Waals surface area contributed by atoms with Crippen LogP contribution in [0.5, 0.6) is 0 Å². The Balaban J connectivity index is 1.82. The summed E-state index contributed by atoms with van der Waals surface area (Å²) in [6.07, 6.45) is 2.63. The molecule has 0 saturated heterocycles. The van der Waals surface area contributed by atoms with Gasteiger partial charge in [-0.3, -0.25) is 0 Å². The van der Waals surface area contributed by atoms with Crippen molar-refractivity contribution < 1.29 is 0 Å². The van der Waals surface area contributed by atoms with Gasteiger partial charge in [0.15, 0.2) is 0 Å². The summed E-state index contributed by atoms with van der Waals surface area (Å²) in [5, 5.41) is 3.64. The Labute approximate surface area is 99.3 Å². The van der Waals surface area contributed by atoms with E-state index in [0.29, 0.717) is 0 Å². The first kappa shape index (κ1) is 11.7. The third-order valence-electron chi connectivity index (χ3n) is 3.58. The van der Waals surface area contributed by atoms with Gasteiger partial charge in [0.2, 0.25) is 0 Å². The van der Waals surface area contributed by atoms with E-state index in [1.54, 1.807) is 5.56 Å². The minimum absolute atomic E-state index is 0.756. The summed E-state index contributed by atoms with van der Waals surface area (Å²) in [6.45, 7) is 7.92. The minimum atomic E-state index is 0.756. The minimum Gasteiger partial charge on any atom is -0.314 e. The maximum atomic E-state index is 3.64. The average molecular weight is 217 g/mol. The second-order valence-corrected chi connectivity index (χ2v) is 5.52. The fraction of sp³-hybridized carbons (Fsp3) is 0.600. The molecule has 1 N–H and O–H groups in total. The van der Waals surface area contributed by atoms with E-state index in [9.17, 15) is 0 Å². The molecule has 0 spiro atoms. The zero-order valence-electron chi connectivity index (χ0n) is 10.7. The molecule has 88 valence electrons. The number of hydrogen-bond donors (Lipinski definition) is 1. The molecular weight excluding hydrogens is 194 g/mol. The van der Waals surface area contributed by atoms with E-state index in [0.717, 1.165) is 24.4 Å². The Bertz CT molecular complexity index is 337. The van der Waals surface area contributed by atoms with Crippen molar-refractivity contribution in [2.24, 2.45) is 5.92 Å². The van der Waals surface area contributed by atoms with E-state index < -0.39 is 0 Å². The zero-order valence-corrected chi connectivity index (χ0v) is 10.7. The van der Waals surface area contributed by atoms with Gasteiger partial charge in [-0.15, -0.1) is 0 Å². The Morgan fingerprint density at radius 1 is 1.25 bits per heavy atom. The number of benzene rings is 1. The standard InChI is InChI=1S/C15H23N/c1-11(2)10-16-14-8-13(9-14)15-7-5-4-6-12(15)3/h4-7,11,13-14,16H,8-10H2,1-3H3. The van der Waals surface area contributed by atoms with Gasteiger partial charge in [0.25, 0.3) is 0 Å². The smallest absolute Gasteiger partial charge is 0.00788 e. The number of hydrogen-bond acceptors (Lipinski definition) is 1. The van der Waals surface area contributed by atoms with Gasteiger partial charge in [-0.25, -0.2) is 0 Å². The number of rotatable bonds is 4. The lowest BCUT2D eigenvalue weighted by Gasteiger charge is -2.37. The molecule has 0 atom stereocenters. The van der Waals surface area contributed by atoms with Crippen molar-refractivity contribution >= 4 is 0 Å². The summed E-state index contributed by atoms with van der Waals surface area (Å²) in [6, 6.07) is 9.57. The van der Waals surface area contributed by atoms with Crippen LogP contribution in [-0.4, -0.2) is 12.6 Å². The lowest BCUT2D eigenvalue weighted by molar-refractivity contribution is 0.281. The Kier molecular flexibility index (Phi) is 3.65. The average Bonchev–Trinajstić information content (AvgIpc) is 2.17. The summed E-state index contributed by atoms with van der Waals surface area (Å²) in [4.78, 5) is 0. The molecule has 0 radical (unpaired) electrons. The van der Waals surface area contributed by atoms with E-state index in [1.807, 2.05) is 0 Å². The Morgan fingerprint density at radius 3 is 2.56 bits per heavy atom. The van der Waals surface area contributed by atoms with E-state index in [2.05, 4.69) is 50.4 Å². The molecule has 0 bridgehead atoms. The summed E-state index contributed by atoms with van der Waals surface area (Å²) in [5.74, 6) is 1.56. The van der Waals surface area contributed by atoms with Crippen molar-refractivity contribution in [1.29, 1.82) is 0 Å². The molecule has 1 nitrogen and oxygen atoms in total. The molecule has 0 aliphatic heterocycles. The van der Waals surface area contributed by atoms with Crippen LogP contribution < -0.4 is 5.32 Å². The maximum absolute atomic E-state index is 3.64. The molecule has 1 saturated carbocycles. The van der Waals surface area contributed by atoms with Gasteiger partial charge in [0.05, 0.1) is 0 Å². The second-order valence-electron chi connectivity index (χ2n) is 5.52. The number of nitrogens with one attached hydrogen (secondary N) is 1. The Morgan fingerprint density at radius 2 is 1.94 bits per heavy atom. The van der Waals surface area contributed by atoms with Gasteiger partial charge in [-0.1, -0.05) is 38.1 Å². The third kappa shape index (κ3) is 2.65. The summed E-state index contributed by atoms with van der Waals surface area (Å²) in [7, 11) is 0. The quantitative estimate of drug-likeness (QED) is 0.814. The highest BCUT2D eigenvalue weighted by atomic mass is 14.9. The summed E-state index contributed by atoms with van der Waals surface area (Å²) in [5.41, 5.74) is 3.01. The van der Waals surface area contributed by atoms with Crippen LogP contribution in [0.25, 0.3) is 0 Å². The predicted octanol–water partition coefficient (Wildman–Crippen LogP) is 3.49. The molecule has 0 amide bonds. The molecule has 1 fully saturated rings. The summed E-state index contributed by atoms with van der Waals surface area (Å²) < 4.78 is 0. The van der Waals surface area contributed by atoms with Crippen molar-refractivity contribution in [3.05, 3.63) is 35.4 Å². The van der Waals surface area contributed by atoms with Gasteiger partial charge in [0.1, 0.15) is 0 Å². The van der Waals surface area contributed by atoms with Crippen molar-refractivity contribution in [2.45, 2.75) is 45.6 Å². The second kappa shape index (κ2) is 5.01. The van der Waals surface area contributed by atoms with Crippen LogP contribution in [0.1, 0.15) is 43.7 Å². The number of aryl methyl sites for hydroxylation is 1. The van der Waals surface area contributed by atoms with Crippen LogP contribution in [-0.2, 0) is 0 Å². The first-order valence-corrected chi connectivity index (χ1v) is 6.45. The first-order valence-electron chi connectivity index (χ1n) is 6.45. The van der Waals surface area contributed by atoms with Crippen LogP contribution in [0.2, 0.25) is 0 Å². The van der Waals surface area contributed by atoms with E-state index in [1.165, 1.54) is 18.4 Å². The fourth-order valence-corrected chi connectivity index (χ4v) is 2.49. The van der Waals surface area contributed by atoms with Crippen molar-refractivity contribution in [3.63, 3.8) is 0 Å². The van der Waals surface area contributed by atoms with Crippen LogP contribution in [0.15, 0.2) is 24.3 Å². The topological polar surface area (TPSA) is 12.0 Å². The zero-order chi connectivity index (χ0) is 11.5. The van der Waals surface area contributed by atoms with Gasteiger partial charge in [0, 0.05) is 6.04 Å². The molecule has 1 aliphatic rings. The van der Waals surface area contributed by atoms with Crippen LogP contribution >= 0.6 is 0 Å². The molecule has 1 heteroatoms. The molecule has 1 aromatic rings. The normalized spacial score (nSPS) is 24.5. The molecule has 1 aromatic carbocycles. The highest BCUT2D eigenvalue weighted by Gasteiger charge is 2.30. The SMILES string of the molecule is Cc1ccccc1C1CC(NCC(C)C)C1. The molecule has 0 unspecified atom stereocenters. The molecular formula is C15H23N. The lowest BCUT2D eigenvalue weighted by atomic mass is 9.74. The predicted molar refractivity (Wildman–Crippen MR) is 69.8 cm³/mol. The fourth-order valence-electron chi connectivity index (χ4n) is 2.49. The molecule has 16 heavy (non-hydrogen) atoms. The maximum Gasteiger partial charge on any atom is 0.00788 e. The molecule has 1 aliphatic carbocycles. The van der Waals surface area contributed by atoms with E-state index in [-0.39, 0.29) is 0 Å². The van der Waals surface area contributed by atoms with E-state index in [4.69, 9.17) is 0 Å². The van der Waals surface area contributed by atoms with Crippen molar-refractivity contribution in [1.82, 2.24) is 5.32 Å². The van der Waals surface area contributed by atoms with Crippen LogP contribution in [0, 0.1) is 12.8 Å². The van der Waals surface area contributed by atoms with Gasteiger partial charge in [-0.2, -0.15) is 0 Å². The van der Waals surface area contributed by atoms with Gasteiger partial charge in [-0.05, 0) is 49.3 Å². The highest BCUT2D eigenvalue weighted by molar-refractivity contribution is 5.31. The van der Waals surface area contributed by atoms with Gasteiger partial charge >= 0.3 is 0 Å². The van der Waals surface area contributed by atoms with Crippen molar-refractivity contribution in [3.8, 4) is 0 Å². The highest BCUT2D eigenvalue weighted by Crippen LogP contribution is 2.38. The molecule has 2 rings (SSSR count). The van der Waals surface area contributed by atoms with Crippen LogP contribution in [0.4, 0.5) is 0 Å². The monoisotopic (exact) mass is 217 g/mol. The molecule has 0 heterocycles. The first-order chi connectivity index (χ1) is 7.66. The molecule has 0 aromatic heterocycles. The Hall–Kier alpha value is -0.820. The van der Waals surface area contributed by atoms with Gasteiger partial charge < -0.3 is 5.32 Å². The summed E-state index contributed by atoms with van der Waals surface area (Å²) >= 11 is 0.